The molecule has 1 aromatic heterocycles. The van der Waals surface area contributed by atoms with E-state index in [2.05, 4.69) is 5.10 Å². The Balaban J connectivity index is 2.71. The summed E-state index contributed by atoms with van der Waals surface area (Å²) in [7, 11) is 0. The summed E-state index contributed by atoms with van der Waals surface area (Å²) in [6.07, 6.45) is 1.55. The summed E-state index contributed by atoms with van der Waals surface area (Å²) in [5.74, 6) is 5.36. The normalized spacial score (nSPS) is 12.2. The van der Waals surface area contributed by atoms with Crippen molar-refractivity contribution in [3.63, 3.8) is 0 Å². The van der Waals surface area contributed by atoms with Crippen LogP contribution in [0.25, 0.3) is 11.0 Å². The first-order valence-electron chi connectivity index (χ1n) is 3.83. The second-order valence-electron chi connectivity index (χ2n) is 2.66. The topological polar surface area (TPSA) is 77.5 Å². The molecule has 0 fully saturated rings. The highest BCUT2D eigenvalue weighted by Gasteiger charge is 2.07. The Bertz CT molecular complexity index is 459. The highest BCUT2D eigenvalue weighted by molar-refractivity contribution is 6.07. The first-order chi connectivity index (χ1) is 6.33. The average Bonchev–Trinajstić information content (AvgIpc) is 2.60. The van der Waals surface area contributed by atoms with Crippen molar-refractivity contribution in [1.82, 2.24) is 0 Å². The van der Waals surface area contributed by atoms with E-state index in [-0.39, 0.29) is 5.84 Å². The van der Waals surface area contributed by atoms with Crippen LogP contribution in [-0.4, -0.2) is 5.84 Å². The van der Waals surface area contributed by atoms with E-state index in [0.717, 1.165) is 16.5 Å². The van der Waals surface area contributed by atoms with Crippen molar-refractivity contribution in [2.24, 2.45) is 16.7 Å². The van der Waals surface area contributed by atoms with Crippen LogP contribution in [0.2, 0.25) is 0 Å². The summed E-state index contributed by atoms with van der Waals surface area (Å²) in [5, 5.41) is 4.34. The van der Waals surface area contributed by atoms with Gasteiger partial charge in [-0.25, -0.2) is 0 Å². The summed E-state index contributed by atoms with van der Waals surface area (Å²) < 4.78 is 5.26. The molecule has 0 aliphatic carbocycles. The Morgan fingerprint density at radius 1 is 1.31 bits per heavy atom. The number of furan rings is 1. The van der Waals surface area contributed by atoms with Crippen molar-refractivity contribution in [3.8, 4) is 0 Å². The van der Waals surface area contributed by atoms with Gasteiger partial charge in [0.05, 0.1) is 5.56 Å². The number of para-hydroxylation sites is 1. The van der Waals surface area contributed by atoms with Crippen molar-refractivity contribution in [1.29, 1.82) is 0 Å². The molecule has 0 aliphatic rings. The molecule has 4 N–H and O–H groups in total. The Morgan fingerprint density at radius 2 is 2.08 bits per heavy atom. The van der Waals surface area contributed by atoms with E-state index in [1.54, 1.807) is 6.26 Å². The SMILES string of the molecule is NN=C(N)c1coc2ccccc12. The molecular weight excluding hydrogens is 166 g/mol. The quantitative estimate of drug-likeness (QED) is 0.294. The molecule has 0 unspecified atom stereocenters. The van der Waals surface area contributed by atoms with Crippen LogP contribution in [0.3, 0.4) is 0 Å². The standard InChI is InChI=1S/C9H9N3O/c10-9(12-11)7-5-13-8-4-2-1-3-6(7)8/h1-5H,11H2,(H2,10,12). The lowest BCUT2D eigenvalue weighted by Crippen LogP contribution is -2.14. The molecule has 66 valence electrons. The number of rotatable bonds is 1. The molecule has 0 aliphatic heterocycles. The first-order valence-corrected chi connectivity index (χ1v) is 3.83. The number of benzene rings is 1. The van der Waals surface area contributed by atoms with Crippen LogP contribution in [0.1, 0.15) is 5.56 Å². The summed E-state index contributed by atoms with van der Waals surface area (Å²) in [6.45, 7) is 0. The lowest BCUT2D eigenvalue weighted by molar-refractivity contribution is 0.615. The summed E-state index contributed by atoms with van der Waals surface area (Å²) >= 11 is 0. The number of hydrogen-bond donors (Lipinski definition) is 2. The molecule has 2 rings (SSSR count). The minimum absolute atomic E-state index is 0.282. The minimum atomic E-state index is 0.282. The van der Waals surface area contributed by atoms with Crippen LogP contribution in [0.5, 0.6) is 0 Å². The molecule has 0 saturated heterocycles. The molecule has 4 nitrogen and oxygen atoms in total. The molecular formula is C9H9N3O. The van der Waals surface area contributed by atoms with Crippen LogP contribution in [0.15, 0.2) is 40.0 Å². The van der Waals surface area contributed by atoms with E-state index in [4.69, 9.17) is 16.0 Å². The molecule has 0 atom stereocenters. The zero-order chi connectivity index (χ0) is 9.26. The molecule has 0 amide bonds. The number of fused-ring (bicyclic) bond motifs is 1. The number of nitrogens with two attached hydrogens (primary N) is 2. The molecule has 2 aromatic rings. The monoisotopic (exact) mass is 175 g/mol. The van der Waals surface area contributed by atoms with Gasteiger partial charge in [0.15, 0.2) is 5.84 Å². The van der Waals surface area contributed by atoms with E-state index in [1.165, 1.54) is 0 Å². The van der Waals surface area contributed by atoms with Crippen molar-refractivity contribution in [2.45, 2.75) is 0 Å². The van der Waals surface area contributed by atoms with E-state index in [0.29, 0.717) is 0 Å². The van der Waals surface area contributed by atoms with Gasteiger partial charge in [-0.1, -0.05) is 18.2 Å². The van der Waals surface area contributed by atoms with Gasteiger partial charge in [-0.05, 0) is 6.07 Å². The first kappa shape index (κ1) is 7.67. The van der Waals surface area contributed by atoms with Gasteiger partial charge in [-0.2, -0.15) is 5.10 Å². The second-order valence-corrected chi connectivity index (χ2v) is 2.66. The van der Waals surface area contributed by atoms with Crippen LogP contribution >= 0.6 is 0 Å². The third-order valence-electron chi connectivity index (χ3n) is 1.90. The zero-order valence-corrected chi connectivity index (χ0v) is 6.90. The molecule has 1 heterocycles. The maximum atomic E-state index is 5.57. The average molecular weight is 175 g/mol. The molecule has 13 heavy (non-hydrogen) atoms. The van der Waals surface area contributed by atoms with Crippen molar-refractivity contribution < 1.29 is 4.42 Å². The summed E-state index contributed by atoms with van der Waals surface area (Å²) in [6, 6.07) is 7.57. The largest absolute Gasteiger partial charge is 0.464 e. The van der Waals surface area contributed by atoms with Gasteiger partial charge in [-0.3, -0.25) is 0 Å². The fourth-order valence-electron chi connectivity index (χ4n) is 1.25. The molecule has 0 bridgehead atoms. The third kappa shape index (κ3) is 1.12. The minimum Gasteiger partial charge on any atom is -0.464 e. The van der Waals surface area contributed by atoms with Gasteiger partial charge >= 0.3 is 0 Å². The molecule has 4 heteroatoms. The smallest absolute Gasteiger partial charge is 0.154 e. The Labute approximate surface area is 74.8 Å². The number of hydrazone groups is 1. The Morgan fingerprint density at radius 3 is 2.85 bits per heavy atom. The van der Waals surface area contributed by atoms with Crippen molar-refractivity contribution in [3.05, 3.63) is 36.1 Å². The van der Waals surface area contributed by atoms with E-state index < -0.39 is 0 Å². The summed E-state index contributed by atoms with van der Waals surface area (Å²) in [4.78, 5) is 0. The predicted octanol–water partition coefficient (Wildman–Crippen LogP) is 1.01. The molecule has 0 spiro atoms. The fraction of sp³-hybridized carbons (Fsp3) is 0. The number of hydrogen-bond acceptors (Lipinski definition) is 3. The predicted molar refractivity (Wildman–Crippen MR) is 51.1 cm³/mol. The fourth-order valence-corrected chi connectivity index (χ4v) is 1.25. The maximum absolute atomic E-state index is 5.57. The van der Waals surface area contributed by atoms with Gasteiger partial charge in [0.2, 0.25) is 0 Å². The number of amidine groups is 1. The number of nitrogens with zero attached hydrogens (tertiary/aromatic N) is 1. The third-order valence-corrected chi connectivity index (χ3v) is 1.90. The zero-order valence-electron chi connectivity index (χ0n) is 6.90. The van der Waals surface area contributed by atoms with E-state index in [9.17, 15) is 0 Å². The Kier molecular flexibility index (Phi) is 1.66. The van der Waals surface area contributed by atoms with Crippen LogP contribution < -0.4 is 11.6 Å². The van der Waals surface area contributed by atoms with Gasteiger partial charge in [0.25, 0.3) is 0 Å². The van der Waals surface area contributed by atoms with Gasteiger partial charge in [0.1, 0.15) is 11.8 Å². The molecule has 1 aromatic carbocycles. The Hall–Kier alpha value is -1.97. The molecule has 0 radical (unpaired) electrons. The van der Waals surface area contributed by atoms with Crippen molar-refractivity contribution in [2.75, 3.05) is 0 Å². The second kappa shape index (κ2) is 2.82. The van der Waals surface area contributed by atoms with E-state index >= 15 is 0 Å². The highest BCUT2D eigenvalue weighted by atomic mass is 16.3. The van der Waals surface area contributed by atoms with Gasteiger partial charge < -0.3 is 16.0 Å². The summed E-state index contributed by atoms with van der Waals surface area (Å²) in [5.41, 5.74) is 7.09. The van der Waals surface area contributed by atoms with Crippen LogP contribution in [0, 0.1) is 0 Å². The maximum Gasteiger partial charge on any atom is 0.154 e. The highest BCUT2D eigenvalue weighted by Crippen LogP contribution is 2.19. The van der Waals surface area contributed by atoms with E-state index in [1.807, 2.05) is 24.3 Å². The van der Waals surface area contributed by atoms with Crippen molar-refractivity contribution >= 4 is 16.8 Å². The lowest BCUT2D eigenvalue weighted by Gasteiger charge is -1.93. The van der Waals surface area contributed by atoms with Crippen LogP contribution in [0.4, 0.5) is 0 Å². The lowest BCUT2D eigenvalue weighted by atomic mass is 10.2. The molecule has 0 saturated carbocycles. The van der Waals surface area contributed by atoms with Crippen LogP contribution in [-0.2, 0) is 0 Å². The van der Waals surface area contributed by atoms with Gasteiger partial charge in [-0.15, -0.1) is 0 Å². The van der Waals surface area contributed by atoms with Gasteiger partial charge in [0, 0.05) is 5.39 Å².